The monoisotopic (exact) mass is 289 g/mol. The lowest BCUT2D eigenvalue weighted by Crippen LogP contribution is -2.53. The second-order valence-electron chi connectivity index (χ2n) is 5.04. The van der Waals surface area contributed by atoms with Crippen molar-refractivity contribution >= 4 is 23.8 Å². The molecular formula is C14H11NO6-2. The molecule has 1 atom stereocenters. The standard InChI is InChI=1S/C14H13NO6/c1-6(2)10(14(20)21)15-11(16)8-4-3-7(13(18)19)5-9(8)12(15)17/h3-6,10H,1-2H3,(H,18,19)(H,20,21)/p-2. The van der Waals surface area contributed by atoms with Crippen LogP contribution in [0.25, 0.3) is 0 Å². The number of fused-ring (bicyclic) bond motifs is 1. The first-order chi connectivity index (χ1) is 9.75. The third-order valence-corrected chi connectivity index (χ3v) is 3.30. The largest absolute Gasteiger partial charge is 0.548 e. The molecular weight excluding hydrogens is 278 g/mol. The Morgan fingerprint density at radius 1 is 1.05 bits per heavy atom. The number of hydrogen-bond donors (Lipinski definition) is 0. The van der Waals surface area contributed by atoms with Crippen LogP contribution in [-0.4, -0.2) is 34.7 Å². The van der Waals surface area contributed by atoms with Gasteiger partial charge in [0.05, 0.1) is 29.1 Å². The van der Waals surface area contributed by atoms with E-state index in [0.717, 1.165) is 12.1 Å². The van der Waals surface area contributed by atoms with Gasteiger partial charge in [-0.25, -0.2) is 0 Å². The molecule has 1 aromatic rings. The molecule has 1 aliphatic rings. The maximum absolute atomic E-state index is 12.2. The van der Waals surface area contributed by atoms with Gasteiger partial charge in [0.1, 0.15) is 0 Å². The van der Waals surface area contributed by atoms with Crippen LogP contribution in [-0.2, 0) is 4.79 Å². The molecule has 21 heavy (non-hydrogen) atoms. The van der Waals surface area contributed by atoms with E-state index in [1.165, 1.54) is 19.9 Å². The van der Waals surface area contributed by atoms with Crippen molar-refractivity contribution in [1.29, 1.82) is 0 Å². The summed E-state index contributed by atoms with van der Waals surface area (Å²) in [5, 5.41) is 22.0. The quantitative estimate of drug-likeness (QED) is 0.617. The highest BCUT2D eigenvalue weighted by molar-refractivity contribution is 6.23. The zero-order valence-electron chi connectivity index (χ0n) is 11.3. The van der Waals surface area contributed by atoms with E-state index < -0.39 is 35.7 Å². The first-order valence-electron chi connectivity index (χ1n) is 6.19. The number of nitrogens with zero attached hydrogens (tertiary/aromatic N) is 1. The maximum Gasteiger partial charge on any atom is 0.262 e. The molecule has 1 aliphatic heterocycles. The number of carbonyl (C=O) groups is 4. The molecule has 0 aliphatic carbocycles. The van der Waals surface area contributed by atoms with Crippen LogP contribution in [0.2, 0.25) is 0 Å². The van der Waals surface area contributed by atoms with E-state index in [2.05, 4.69) is 0 Å². The van der Waals surface area contributed by atoms with Gasteiger partial charge in [0.2, 0.25) is 0 Å². The van der Waals surface area contributed by atoms with Crippen molar-refractivity contribution in [2.45, 2.75) is 19.9 Å². The highest BCUT2D eigenvalue weighted by Crippen LogP contribution is 2.27. The third kappa shape index (κ3) is 2.26. The highest BCUT2D eigenvalue weighted by atomic mass is 16.4. The number of carbonyl (C=O) groups excluding carboxylic acids is 4. The molecule has 0 aromatic heterocycles. The highest BCUT2D eigenvalue weighted by Gasteiger charge is 2.41. The summed E-state index contributed by atoms with van der Waals surface area (Å²) in [4.78, 5) is 47.0. The fourth-order valence-corrected chi connectivity index (χ4v) is 2.31. The smallest absolute Gasteiger partial charge is 0.262 e. The minimum Gasteiger partial charge on any atom is -0.548 e. The van der Waals surface area contributed by atoms with Crippen LogP contribution in [0.4, 0.5) is 0 Å². The van der Waals surface area contributed by atoms with Gasteiger partial charge in [0.25, 0.3) is 11.8 Å². The fraction of sp³-hybridized carbons (Fsp3) is 0.286. The number of carboxylic acid groups (broad SMARTS) is 2. The second-order valence-corrected chi connectivity index (χ2v) is 5.04. The Balaban J connectivity index is 2.51. The second kappa shape index (κ2) is 5.01. The number of imide groups is 1. The fourth-order valence-electron chi connectivity index (χ4n) is 2.31. The topological polar surface area (TPSA) is 118 Å². The predicted octanol–water partition coefficient (Wildman–Crippen LogP) is -1.58. The van der Waals surface area contributed by atoms with E-state index in [9.17, 15) is 29.4 Å². The lowest BCUT2D eigenvalue weighted by atomic mass is 10.0. The zero-order valence-corrected chi connectivity index (χ0v) is 11.3. The van der Waals surface area contributed by atoms with Crippen molar-refractivity contribution in [2.24, 2.45) is 5.92 Å². The van der Waals surface area contributed by atoms with Gasteiger partial charge in [-0.2, -0.15) is 0 Å². The van der Waals surface area contributed by atoms with E-state index in [0.29, 0.717) is 4.90 Å². The summed E-state index contributed by atoms with van der Waals surface area (Å²) in [7, 11) is 0. The average Bonchev–Trinajstić information content (AvgIpc) is 2.63. The molecule has 0 bridgehead atoms. The van der Waals surface area contributed by atoms with Gasteiger partial charge in [0.15, 0.2) is 0 Å². The molecule has 110 valence electrons. The first kappa shape index (κ1) is 14.7. The summed E-state index contributed by atoms with van der Waals surface area (Å²) >= 11 is 0. The number of aromatic carboxylic acids is 1. The molecule has 2 amide bonds. The molecule has 1 heterocycles. The van der Waals surface area contributed by atoms with Crippen molar-refractivity contribution < 1.29 is 29.4 Å². The van der Waals surface area contributed by atoms with E-state index in [1.54, 1.807) is 0 Å². The van der Waals surface area contributed by atoms with Crippen molar-refractivity contribution in [2.75, 3.05) is 0 Å². The predicted molar refractivity (Wildman–Crippen MR) is 64.9 cm³/mol. The van der Waals surface area contributed by atoms with Crippen LogP contribution in [0.3, 0.4) is 0 Å². The van der Waals surface area contributed by atoms with E-state index in [-0.39, 0.29) is 16.7 Å². The molecule has 7 heteroatoms. The summed E-state index contributed by atoms with van der Waals surface area (Å²) in [6.45, 7) is 3.08. The van der Waals surface area contributed by atoms with Crippen molar-refractivity contribution in [3.05, 3.63) is 34.9 Å². The van der Waals surface area contributed by atoms with Gasteiger partial charge in [0, 0.05) is 0 Å². The zero-order chi connectivity index (χ0) is 15.9. The minimum atomic E-state index is -1.54. The molecule has 0 saturated heterocycles. The molecule has 1 aromatic carbocycles. The van der Waals surface area contributed by atoms with Gasteiger partial charge in [-0.05, 0) is 23.6 Å². The minimum absolute atomic E-state index is 0.0306. The van der Waals surface area contributed by atoms with Gasteiger partial charge in [-0.15, -0.1) is 0 Å². The number of carboxylic acids is 2. The molecule has 2 rings (SSSR count). The van der Waals surface area contributed by atoms with Gasteiger partial charge in [-0.1, -0.05) is 19.9 Å². The molecule has 0 N–H and O–H groups in total. The number of benzene rings is 1. The van der Waals surface area contributed by atoms with Crippen LogP contribution in [0, 0.1) is 5.92 Å². The SMILES string of the molecule is CC(C)C(C(=O)[O-])N1C(=O)c2ccc(C(=O)[O-])cc2C1=O. The number of hydrogen-bond acceptors (Lipinski definition) is 6. The summed E-state index contributed by atoms with van der Waals surface area (Å²) < 4.78 is 0. The Labute approximate surface area is 119 Å². The Morgan fingerprint density at radius 3 is 2.10 bits per heavy atom. The average molecular weight is 289 g/mol. The Kier molecular flexibility index (Phi) is 3.51. The number of aliphatic carboxylic acids is 1. The Bertz CT molecular complexity index is 663. The van der Waals surface area contributed by atoms with Crippen LogP contribution >= 0.6 is 0 Å². The molecule has 0 spiro atoms. The third-order valence-electron chi connectivity index (χ3n) is 3.30. The molecule has 1 unspecified atom stereocenters. The number of rotatable bonds is 4. The molecule has 0 fully saturated rings. The van der Waals surface area contributed by atoms with Crippen molar-refractivity contribution in [3.63, 3.8) is 0 Å². The van der Waals surface area contributed by atoms with Crippen LogP contribution in [0.5, 0.6) is 0 Å². The van der Waals surface area contributed by atoms with E-state index in [1.807, 2.05) is 0 Å². The summed E-state index contributed by atoms with van der Waals surface area (Å²) in [5.41, 5.74) is -0.434. The van der Waals surface area contributed by atoms with E-state index >= 15 is 0 Å². The van der Waals surface area contributed by atoms with Crippen molar-refractivity contribution in [3.8, 4) is 0 Å². The number of amides is 2. The van der Waals surface area contributed by atoms with Gasteiger partial charge >= 0.3 is 0 Å². The summed E-state index contributed by atoms with van der Waals surface area (Å²) in [5.74, 6) is -5.20. The lowest BCUT2D eigenvalue weighted by Gasteiger charge is -2.30. The van der Waals surface area contributed by atoms with Crippen LogP contribution in [0.1, 0.15) is 44.9 Å². The Hall–Kier alpha value is -2.70. The molecule has 0 saturated carbocycles. The van der Waals surface area contributed by atoms with Crippen molar-refractivity contribution in [1.82, 2.24) is 4.90 Å². The van der Waals surface area contributed by atoms with E-state index in [4.69, 9.17) is 0 Å². The summed E-state index contributed by atoms with van der Waals surface area (Å²) in [6.07, 6.45) is 0. The molecule has 7 nitrogen and oxygen atoms in total. The van der Waals surface area contributed by atoms with Crippen LogP contribution in [0.15, 0.2) is 18.2 Å². The normalized spacial score (nSPS) is 15.3. The van der Waals surface area contributed by atoms with Gasteiger partial charge < -0.3 is 19.8 Å². The summed E-state index contributed by atoms with van der Waals surface area (Å²) in [6, 6.07) is 1.90. The Morgan fingerprint density at radius 2 is 1.62 bits per heavy atom. The first-order valence-corrected chi connectivity index (χ1v) is 6.19. The van der Waals surface area contributed by atoms with Crippen LogP contribution < -0.4 is 10.2 Å². The molecule has 0 radical (unpaired) electrons. The maximum atomic E-state index is 12.2. The lowest BCUT2D eigenvalue weighted by molar-refractivity contribution is -0.311. The van der Waals surface area contributed by atoms with Gasteiger partial charge in [-0.3, -0.25) is 14.5 Å².